The molecule has 0 unspecified atom stereocenters. The Morgan fingerprint density at radius 1 is 1.32 bits per heavy atom. The summed E-state index contributed by atoms with van der Waals surface area (Å²) in [4.78, 5) is 0. The van der Waals surface area contributed by atoms with Crippen molar-refractivity contribution in [2.45, 2.75) is 39.0 Å². The van der Waals surface area contributed by atoms with Gasteiger partial charge in [0.1, 0.15) is 5.75 Å². The fraction of sp³-hybridized carbons (Fsp3) is 0.625. The molecule has 3 heteroatoms. The smallest absolute Gasteiger partial charge is 0.141 e. The molecule has 0 aliphatic heterocycles. The van der Waals surface area contributed by atoms with Gasteiger partial charge in [0.15, 0.2) is 0 Å². The largest absolute Gasteiger partial charge is 0.495 e. The minimum absolute atomic E-state index is 0.147. The molecule has 106 valence electrons. The molecule has 0 amide bonds. The predicted octanol–water partition coefficient (Wildman–Crippen LogP) is 3.14. The monoisotopic (exact) mass is 262 g/mol. The molecule has 0 bridgehead atoms. The first-order chi connectivity index (χ1) is 8.90. The van der Waals surface area contributed by atoms with E-state index in [1.165, 1.54) is 18.4 Å². The van der Waals surface area contributed by atoms with E-state index in [0.717, 1.165) is 24.5 Å². The summed E-state index contributed by atoms with van der Waals surface area (Å²) in [6.07, 6.45) is 2.47. The molecule has 1 aromatic rings. The van der Waals surface area contributed by atoms with E-state index in [1.807, 2.05) is 6.07 Å². The number of benzene rings is 1. The molecule has 1 aliphatic rings. The van der Waals surface area contributed by atoms with Gasteiger partial charge in [-0.25, -0.2) is 0 Å². The first kappa shape index (κ1) is 14.2. The molecule has 1 saturated carbocycles. The van der Waals surface area contributed by atoms with Crippen LogP contribution in [0.5, 0.6) is 5.75 Å². The Balaban J connectivity index is 2.17. The lowest BCUT2D eigenvalue weighted by Gasteiger charge is -2.22. The molecule has 0 atom stereocenters. The SMILES string of the molecule is COc1ccc(C(C)(C)C)cc1NCC1(CN)CC1. The summed E-state index contributed by atoms with van der Waals surface area (Å²) in [7, 11) is 1.72. The van der Waals surface area contributed by atoms with Crippen molar-refractivity contribution in [2.24, 2.45) is 11.1 Å². The minimum atomic E-state index is 0.147. The first-order valence-electron chi connectivity index (χ1n) is 7.03. The van der Waals surface area contributed by atoms with Crippen molar-refractivity contribution in [1.29, 1.82) is 0 Å². The van der Waals surface area contributed by atoms with Crippen LogP contribution in [0.2, 0.25) is 0 Å². The lowest BCUT2D eigenvalue weighted by atomic mass is 9.86. The molecule has 0 spiro atoms. The number of hydrogen-bond donors (Lipinski definition) is 2. The molecule has 0 heterocycles. The topological polar surface area (TPSA) is 47.3 Å². The molecule has 3 nitrogen and oxygen atoms in total. The summed E-state index contributed by atoms with van der Waals surface area (Å²) in [5.74, 6) is 0.904. The van der Waals surface area contributed by atoms with Crippen molar-refractivity contribution in [3.8, 4) is 5.75 Å². The Hall–Kier alpha value is -1.22. The van der Waals surface area contributed by atoms with Crippen molar-refractivity contribution in [2.75, 3.05) is 25.5 Å². The van der Waals surface area contributed by atoms with Crippen molar-refractivity contribution in [1.82, 2.24) is 0 Å². The lowest BCUT2D eigenvalue weighted by molar-refractivity contribution is 0.415. The highest BCUT2D eigenvalue weighted by atomic mass is 16.5. The zero-order valence-electron chi connectivity index (χ0n) is 12.5. The van der Waals surface area contributed by atoms with E-state index >= 15 is 0 Å². The second-order valence-corrected chi connectivity index (χ2v) is 6.72. The molecule has 1 fully saturated rings. The van der Waals surface area contributed by atoms with Gasteiger partial charge < -0.3 is 15.8 Å². The number of methoxy groups -OCH3 is 1. The Morgan fingerprint density at radius 3 is 2.47 bits per heavy atom. The minimum Gasteiger partial charge on any atom is -0.495 e. The first-order valence-corrected chi connectivity index (χ1v) is 7.03. The zero-order valence-corrected chi connectivity index (χ0v) is 12.5. The Kier molecular flexibility index (Phi) is 3.77. The van der Waals surface area contributed by atoms with Gasteiger partial charge in [0.05, 0.1) is 12.8 Å². The van der Waals surface area contributed by atoms with Crippen molar-refractivity contribution in [3.05, 3.63) is 23.8 Å². The summed E-state index contributed by atoms with van der Waals surface area (Å²) in [5.41, 5.74) is 8.69. The van der Waals surface area contributed by atoms with Crippen LogP contribution < -0.4 is 15.8 Å². The van der Waals surface area contributed by atoms with Crippen LogP contribution >= 0.6 is 0 Å². The summed E-state index contributed by atoms with van der Waals surface area (Å²) in [6, 6.07) is 6.39. The van der Waals surface area contributed by atoms with Gasteiger partial charge in [-0.1, -0.05) is 26.8 Å². The third-order valence-corrected chi connectivity index (χ3v) is 4.11. The van der Waals surface area contributed by atoms with Crippen LogP contribution in [0.3, 0.4) is 0 Å². The number of hydrogen-bond acceptors (Lipinski definition) is 3. The quantitative estimate of drug-likeness (QED) is 0.857. The fourth-order valence-electron chi connectivity index (χ4n) is 2.23. The predicted molar refractivity (Wildman–Crippen MR) is 80.9 cm³/mol. The Morgan fingerprint density at radius 2 is 2.00 bits per heavy atom. The van der Waals surface area contributed by atoms with E-state index in [-0.39, 0.29) is 5.41 Å². The molecule has 19 heavy (non-hydrogen) atoms. The van der Waals surface area contributed by atoms with Gasteiger partial charge >= 0.3 is 0 Å². The van der Waals surface area contributed by atoms with Gasteiger partial charge in [-0.05, 0) is 47.9 Å². The zero-order chi connectivity index (χ0) is 14.1. The molecule has 0 aromatic heterocycles. The summed E-state index contributed by atoms with van der Waals surface area (Å²) in [5, 5.41) is 3.53. The van der Waals surface area contributed by atoms with Crippen molar-refractivity contribution >= 4 is 5.69 Å². The second-order valence-electron chi connectivity index (χ2n) is 6.72. The maximum absolute atomic E-state index is 5.83. The number of ether oxygens (including phenoxy) is 1. The second kappa shape index (κ2) is 5.04. The van der Waals surface area contributed by atoms with Crippen LogP contribution in [0.25, 0.3) is 0 Å². The van der Waals surface area contributed by atoms with E-state index in [4.69, 9.17) is 10.5 Å². The van der Waals surface area contributed by atoms with E-state index in [1.54, 1.807) is 7.11 Å². The maximum atomic E-state index is 5.83. The Bertz CT molecular complexity index is 445. The van der Waals surface area contributed by atoms with E-state index < -0.39 is 0 Å². The number of nitrogens with two attached hydrogens (primary N) is 1. The molecule has 2 rings (SSSR count). The van der Waals surface area contributed by atoms with Gasteiger partial charge in [-0.3, -0.25) is 0 Å². The normalized spacial score (nSPS) is 17.1. The van der Waals surface area contributed by atoms with Gasteiger partial charge in [-0.2, -0.15) is 0 Å². The molecule has 3 N–H and O–H groups in total. The van der Waals surface area contributed by atoms with Crippen LogP contribution in [0.15, 0.2) is 18.2 Å². The highest BCUT2D eigenvalue weighted by molar-refractivity contribution is 5.59. The van der Waals surface area contributed by atoms with Crippen LogP contribution in [0.1, 0.15) is 39.2 Å². The standard InChI is InChI=1S/C16H26N2O/c1-15(2,3)12-5-6-14(19-4)13(9-12)18-11-16(10-17)7-8-16/h5-6,9,18H,7-8,10-11,17H2,1-4H3. The summed E-state index contributed by atoms with van der Waals surface area (Å²) in [6.45, 7) is 8.37. The highest BCUT2D eigenvalue weighted by Crippen LogP contribution is 2.45. The average Bonchev–Trinajstić information content (AvgIpc) is 3.15. The maximum Gasteiger partial charge on any atom is 0.141 e. The van der Waals surface area contributed by atoms with Crippen molar-refractivity contribution in [3.63, 3.8) is 0 Å². The number of anilines is 1. The van der Waals surface area contributed by atoms with Crippen LogP contribution in [-0.4, -0.2) is 20.2 Å². The molecule has 0 radical (unpaired) electrons. The van der Waals surface area contributed by atoms with E-state index in [9.17, 15) is 0 Å². The van der Waals surface area contributed by atoms with Gasteiger partial charge in [-0.15, -0.1) is 0 Å². The fourth-order valence-corrected chi connectivity index (χ4v) is 2.23. The van der Waals surface area contributed by atoms with Crippen LogP contribution in [-0.2, 0) is 5.41 Å². The van der Waals surface area contributed by atoms with Crippen LogP contribution in [0, 0.1) is 5.41 Å². The van der Waals surface area contributed by atoms with E-state index in [0.29, 0.717) is 5.41 Å². The molecule has 1 aliphatic carbocycles. The van der Waals surface area contributed by atoms with Gasteiger partial charge in [0.25, 0.3) is 0 Å². The van der Waals surface area contributed by atoms with Gasteiger partial charge in [0, 0.05) is 6.54 Å². The molecule has 1 aromatic carbocycles. The van der Waals surface area contributed by atoms with Crippen LogP contribution in [0.4, 0.5) is 5.69 Å². The summed E-state index contributed by atoms with van der Waals surface area (Å²) < 4.78 is 5.44. The molecular weight excluding hydrogens is 236 g/mol. The third-order valence-electron chi connectivity index (χ3n) is 4.11. The number of nitrogens with one attached hydrogen (secondary N) is 1. The third kappa shape index (κ3) is 3.21. The number of rotatable bonds is 5. The summed E-state index contributed by atoms with van der Waals surface area (Å²) >= 11 is 0. The highest BCUT2D eigenvalue weighted by Gasteiger charge is 2.40. The average molecular weight is 262 g/mol. The molecular formula is C16H26N2O. The van der Waals surface area contributed by atoms with Crippen molar-refractivity contribution < 1.29 is 4.74 Å². The van der Waals surface area contributed by atoms with Gasteiger partial charge in [0.2, 0.25) is 0 Å². The lowest BCUT2D eigenvalue weighted by Crippen LogP contribution is -2.24. The van der Waals surface area contributed by atoms with E-state index in [2.05, 4.69) is 38.2 Å². The Labute approximate surface area is 116 Å². The molecule has 0 saturated heterocycles.